The Balaban J connectivity index is 2.21. The van der Waals surface area contributed by atoms with Crippen LogP contribution < -0.4 is 19.5 Å². The number of fused-ring (bicyclic) bond motifs is 1. The van der Waals surface area contributed by atoms with Crippen LogP contribution in [0.15, 0.2) is 12.1 Å². The molecule has 0 radical (unpaired) electrons. The van der Waals surface area contributed by atoms with Crippen LogP contribution in [0.2, 0.25) is 0 Å². The molecule has 1 N–H and O–H groups in total. The average molecular weight is 263 g/mol. The van der Waals surface area contributed by atoms with Gasteiger partial charge >= 0.3 is 6.18 Å². The van der Waals surface area contributed by atoms with Crippen molar-refractivity contribution < 1.29 is 27.4 Å². The lowest BCUT2D eigenvalue weighted by Crippen LogP contribution is -2.20. The number of ether oxygens (including phenoxy) is 3. The van der Waals surface area contributed by atoms with Crippen molar-refractivity contribution in [1.82, 2.24) is 5.32 Å². The lowest BCUT2D eigenvalue weighted by atomic mass is 10.1. The van der Waals surface area contributed by atoms with Gasteiger partial charge in [-0.05, 0) is 13.1 Å². The highest BCUT2D eigenvalue weighted by Gasteiger charge is 2.29. The zero-order valence-corrected chi connectivity index (χ0v) is 9.63. The zero-order chi connectivity index (χ0) is 13.2. The van der Waals surface area contributed by atoms with E-state index in [-0.39, 0.29) is 12.5 Å². The molecule has 18 heavy (non-hydrogen) atoms. The Hall–Kier alpha value is -1.63. The van der Waals surface area contributed by atoms with Crippen LogP contribution in [0, 0.1) is 0 Å². The van der Waals surface area contributed by atoms with Crippen LogP contribution in [-0.2, 0) is 6.54 Å². The van der Waals surface area contributed by atoms with E-state index >= 15 is 0 Å². The van der Waals surface area contributed by atoms with Gasteiger partial charge in [0.25, 0.3) is 0 Å². The summed E-state index contributed by atoms with van der Waals surface area (Å²) in [5.74, 6) is 1.05. The molecule has 0 spiro atoms. The number of benzene rings is 1. The highest BCUT2D eigenvalue weighted by Crippen LogP contribution is 2.38. The van der Waals surface area contributed by atoms with E-state index in [2.05, 4.69) is 5.32 Å². The SMILES string of the molecule is CNCc1cc2c(cc1OCC(F)(F)F)OCO2. The van der Waals surface area contributed by atoms with Crippen molar-refractivity contribution in [3.05, 3.63) is 17.7 Å². The van der Waals surface area contributed by atoms with Gasteiger partial charge in [-0.3, -0.25) is 0 Å². The average Bonchev–Trinajstić information content (AvgIpc) is 2.72. The summed E-state index contributed by atoms with van der Waals surface area (Å²) < 4.78 is 51.4. The maximum absolute atomic E-state index is 12.1. The van der Waals surface area contributed by atoms with E-state index in [4.69, 9.17) is 14.2 Å². The van der Waals surface area contributed by atoms with Gasteiger partial charge in [-0.25, -0.2) is 0 Å². The molecule has 7 heteroatoms. The van der Waals surface area contributed by atoms with Crippen LogP contribution in [-0.4, -0.2) is 26.6 Å². The van der Waals surface area contributed by atoms with E-state index in [1.807, 2.05) is 0 Å². The predicted molar refractivity (Wildman–Crippen MR) is 56.9 cm³/mol. The molecular weight excluding hydrogens is 251 g/mol. The normalized spacial score (nSPS) is 13.8. The third kappa shape index (κ3) is 2.98. The molecule has 0 fully saturated rings. The van der Waals surface area contributed by atoms with Crippen molar-refractivity contribution in [2.24, 2.45) is 0 Å². The molecule has 2 rings (SSSR count). The Morgan fingerprint density at radius 2 is 1.94 bits per heavy atom. The molecule has 1 heterocycles. The number of hydrogen-bond acceptors (Lipinski definition) is 4. The molecule has 1 aromatic carbocycles. The molecule has 1 aliphatic rings. The highest BCUT2D eigenvalue weighted by molar-refractivity contribution is 5.51. The molecule has 1 aliphatic heterocycles. The minimum atomic E-state index is -4.37. The third-order valence-corrected chi connectivity index (χ3v) is 2.31. The smallest absolute Gasteiger partial charge is 0.422 e. The maximum atomic E-state index is 12.1. The fraction of sp³-hybridized carbons (Fsp3) is 0.455. The van der Waals surface area contributed by atoms with Crippen LogP contribution in [0.1, 0.15) is 5.56 Å². The van der Waals surface area contributed by atoms with Gasteiger partial charge in [0.15, 0.2) is 18.1 Å². The molecule has 0 unspecified atom stereocenters. The molecule has 4 nitrogen and oxygen atoms in total. The molecule has 0 bridgehead atoms. The van der Waals surface area contributed by atoms with Gasteiger partial charge in [-0.15, -0.1) is 0 Å². The number of hydrogen-bond donors (Lipinski definition) is 1. The molecule has 0 saturated carbocycles. The molecular formula is C11H12F3NO3. The number of rotatable bonds is 4. The Morgan fingerprint density at radius 3 is 2.56 bits per heavy atom. The zero-order valence-electron chi connectivity index (χ0n) is 9.63. The van der Waals surface area contributed by atoms with Gasteiger partial charge in [-0.1, -0.05) is 0 Å². The Kier molecular flexibility index (Phi) is 3.51. The summed E-state index contributed by atoms with van der Waals surface area (Å²) in [6.45, 7) is -0.885. The summed E-state index contributed by atoms with van der Waals surface area (Å²) in [5, 5.41) is 2.86. The fourth-order valence-electron chi connectivity index (χ4n) is 1.59. The maximum Gasteiger partial charge on any atom is 0.422 e. The predicted octanol–water partition coefficient (Wildman–Crippen LogP) is 2.08. The second kappa shape index (κ2) is 4.93. The van der Waals surface area contributed by atoms with Crippen molar-refractivity contribution in [2.45, 2.75) is 12.7 Å². The molecule has 1 aromatic rings. The van der Waals surface area contributed by atoms with Gasteiger partial charge < -0.3 is 19.5 Å². The first-order valence-electron chi connectivity index (χ1n) is 5.26. The largest absolute Gasteiger partial charge is 0.484 e. The van der Waals surface area contributed by atoms with Gasteiger partial charge in [0.2, 0.25) is 6.79 Å². The van der Waals surface area contributed by atoms with E-state index < -0.39 is 12.8 Å². The van der Waals surface area contributed by atoms with E-state index in [1.54, 1.807) is 13.1 Å². The summed E-state index contributed by atoms with van der Waals surface area (Å²) in [4.78, 5) is 0. The van der Waals surface area contributed by atoms with Crippen molar-refractivity contribution in [3.63, 3.8) is 0 Å². The number of alkyl halides is 3. The van der Waals surface area contributed by atoms with Crippen molar-refractivity contribution in [3.8, 4) is 17.2 Å². The first-order valence-corrected chi connectivity index (χ1v) is 5.26. The van der Waals surface area contributed by atoms with Crippen molar-refractivity contribution >= 4 is 0 Å². The summed E-state index contributed by atoms with van der Waals surface area (Å²) in [5.41, 5.74) is 0.589. The lowest BCUT2D eigenvalue weighted by molar-refractivity contribution is -0.153. The van der Waals surface area contributed by atoms with E-state index in [9.17, 15) is 13.2 Å². The molecule has 0 saturated heterocycles. The van der Waals surface area contributed by atoms with Crippen LogP contribution in [0.25, 0.3) is 0 Å². The second-order valence-corrected chi connectivity index (χ2v) is 3.75. The number of nitrogens with one attached hydrogen (secondary N) is 1. The van der Waals surface area contributed by atoms with E-state index in [0.29, 0.717) is 23.6 Å². The van der Waals surface area contributed by atoms with Crippen LogP contribution in [0.5, 0.6) is 17.2 Å². The monoisotopic (exact) mass is 263 g/mol. The topological polar surface area (TPSA) is 39.7 Å². The Morgan fingerprint density at radius 1 is 1.28 bits per heavy atom. The summed E-state index contributed by atoms with van der Waals surface area (Å²) in [6.07, 6.45) is -4.37. The first kappa shape index (κ1) is 12.8. The third-order valence-electron chi connectivity index (χ3n) is 2.31. The summed E-state index contributed by atoms with van der Waals surface area (Å²) >= 11 is 0. The highest BCUT2D eigenvalue weighted by atomic mass is 19.4. The molecule has 0 amide bonds. The Labute approximate surface area is 102 Å². The van der Waals surface area contributed by atoms with Crippen molar-refractivity contribution in [1.29, 1.82) is 0 Å². The standard InChI is InChI=1S/C11H12F3NO3/c1-15-4-7-2-9-10(18-6-17-9)3-8(7)16-5-11(12,13)14/h2-3,15H,4-6H2,1H3. The van der Waals surface area contributed by atoms with Crippen LogP contribution >= 0.6 is 0 Å². The van der Waals surface area contributed by atoms with Crippen molar-refractivity contribution in [2.75, 3.05) is 20.4 Å². The lowest BCUT2D eigenvalue weighted by Gasteiger charge is -2.13. The van der Waals surface area contributed by atoms with Crippen LogP contribution in [0.4, 0.5) is 13.2 Å². The fourth-order valence-corrected chi connectivity index (χ4v) is 1.59. The van der Waals surface area contributed by atoms with Gasteiger partial charge in [-0.2, -0.15) is 13.2 Å². The molecule has 0 aromatic heterocycles. The molecule has 100 valence electrons. The van der Waals surface area contributed by atoms with E-state index in [1.165, 1.54) is 6.07 Å². The first-order chi connectivity index (χ1) is 8.49. The second-order valence-electron chi connectivity index (χ2n) is 3.75. The minimum Gasteiger partial charge on any atom is -0.484 e. The Bertz CT molecular complexity index is 434. The van der Waals surface area contributed by atoms with E-state index in [0.717, 1.165) is 0 Å². The number of halogens is 3. The quantitative estimate of drug-likeness (QED) is 0.902. The van der Waals surface area contributed by atoms with Crippen LogP contribution in [0.3, 0.4) is 0 Å². The summed E-state index contributed by atoms with van der Waals surface area (Å²) in [6, 6.07) is 3.03. The van der Waals surface area contributed by atoms with Gasteiger partial charge in [0.1, 0.15) is 5.75 Å². The van der Waals surface area contributed by atoms with Gasteiger partial charge in [0.05, 0.1) is 0 Å². The van der Waals surface area contributed by atoms with Gasteiger partial charge in [0, 0.05) is 18.2 Å². The summed E-state index contributed by atoms with van der Waals surface area (Å²) in [7, 11) is 1.69. The minimum absolute atomic E-state index is 0.0665. The molecule has 0 aliphatic carbocycles. The molecule has 0 atom stereocenters.